The van der Waals surface area contributed by atoms with E-state index in [4.69, 9.17) is 0 Å². The van der Waals surface area contributed by atoms with E-state index in [1.54, 1.807) is 17.4 Å². The molecule has 2 aromatic carbocycles. The highest BCUT2D eigenvalue weighted by atomic mass is 32.1. The zero-order valence-electron chi connectivity index (χ0n) is 15.5. The smallest absolute Gasteiger partial charge is 0.416 e. The summed E-state index contributed by atoms with van der Waals surface area (Å²) in [6, 6.07) is 15.1. The number of carbonyl (C=O) groups is 1. The van der Waals surface area contributed by atoms with E-state index in [-0.39, 0.29) is 6.04 Å². The number of hydrogen-bond donors (Lipinski definition) is 1. The van der Waals surface area contributed by atoms with E-state index in [9.17, 15) is 23.1 Å². The maximum Gasteiger partial charge on any atom is 0.416 e. The number of nitrogens with zero attached hydrogens (tertiary/aromatic N) is 1. The minimum atomic E-state index is -4.41. The van der Waals surface area contributed by atoms with E-state index >= 15 is 0 Å². The van der Waals surface area contributed by atoms with E-state index in [1.165, 1.54) is 12.1 Å². The van der Waals surface area contributed by atoms with Crippen molar-refractivity contribution in [3.63, 3.8) is 0 Å². The highest BCUT2D eigenvalue weighted by Crippen LogP contribution is 2.40. The zero-order chi connectivity index (χ0) is 20.6. The summed E-state index contributed by atoms with van der Waals surface area (Å²) < 4.78 is 41.0. The fraction of sp³-hybridized carbons (Fsp3) is 0.318. The molecule has 7 heteroatoms. The molecular formula is C22H20F3NO2S. The van der Waals surface area contributed by atoms with Crippen molar-refractivity contribution < 1.29 is 23.1 Å². The van der Waals surface area contributed by atoms with Gasteiger partial charge in [-0.2, -0.15) is 13.2 Å². The SMILES string of the molecule is O=C(O)C1CCN(C(c2cccc(C(F)(F)F)c2)c2cc3ccccc3s2)CC1. The van der Waals surface area contributed by atoms with Crippen molar-refractivity contribution in [2.24, 2.45) is 5.92 Å². The molecule has 1 aliphatic rings. The Labute approximate surface area is 170 Å². The summed E-state index contributed by atoms with van der Waals surface area (Å²) >= 11 is 1.58. The lowest BCUT2D eigenvalue weighted by Gasteiger charge is -2.36. The third kappa shape index (κ3) is 4.16. The van der Waals surface area contributed by atoms with Crippen molar-refractivity contribution in [2.45, 2.75) is 25.1 Å². The zero-order valence-corrected chi connectivity index (χ0v) is 16.3. The molecule has 1 fully saturated rings. The Morgan fingerprint density at radius 3 is 2.45 bits per heavy atom. The van der Waals surface area contributed by atoms with E-state index in [0.29, 0.717) is 31.5 Å². The van der Waals surface area contributed by atoms with E-state index in [1.807, 2.05) is 30.3 Å². The summed E-state index contributed by atoms with van der Waals surface area (Å²) in [5.74, 6) is -1.20. The summed E-state index contributed by atoms with van der Waals surface area (Å²) in [4.78, 5) is 14.4. The van der Waals surface area contributed by atoms with Crippen molar-refractivity contribution in [3.8, 4) is 0 Å². The van der Waals surface area contributed by atoms with Crippen LogP contribution in [-0.4, -0.2) is 29.1 Å². The molecule has 0 amide bonds. The maximum absolute atomic E-state index is 13.3. The lowest BCUT2D eigenvalue weighted by atomic mass is 9.93. The predicted molar refractivity (Wildman–Crippen MR) is 107 cm³/mol. The number of fused-ring (bicyclic) bond motifs is 1. The van der Waals surface area contributed by atoms with Crippen LogP contribution >= 0.6 is 11.3 Å². The molecule has 3 aromatic rings. The average Bonchev–Trinajstić information content (AvgIpc) is 3.12. The van der Waals surface area contributed by atoms with Gasteiger partial charge < -0.3 is 5.11 Å². The van der Waals surface area contributed by atoms with Gasteiger partial charge in [-0.3, -0.25) is 9.69 Å². The topological polar surface area (TPSA) is 40.5 Å². The summed E-state index contributed by atoms with van der Waals surface area (Å²) in [6.07, 6.45) is -3.41. The van der Waals surface area contributed by atoms with Gasteiger partial charge in [-0.25, -0.2) is 0 Å². The molecule has 3 nitrogen and oxygen atoms in total. The summed E-state index contributed by atoms with van der Waals surface area (Å²) in [5, 5.41) is 10.3. The highest BCUT2D eigenvalue weighted by molar-refractivity contribution is 7.19. The number of carboxylic acids is 1. The monoisotopic (exact) mass is 419 g/mol. The van der Waals surface area contributed by atoms with Gasteiger partial charge in [0, 0.05) is 9.58 Å². The quantitative estimate of drug-likeness (QED) is 0.581. The fourth-order valence-electron chi connectivity index (χ4n) is 3.98. The maximum atomic E-state index is 13.3. The molecule has 0 bridgehead atoms. The Balaban J connectivity index is 1.74. The Bertz CT molecular complexity index is 989. The second kappa shape index (κ2) is 7.80. The van der Waals surface area contributed by atoms with Crippen LogP contribution in [-0.2, 0) is 11.0 Å². The number of carboxylic acid groups (broad SMARTS) is 1. The number of aliphatic carboxylic acids is 1. The Kier molecular flexibility index (Phi) is 5.36. The van der Waals surface area contributed by atoms with Crippen LogP contribution in [0.5, 0.6) is 0 Å². The Hall–Kier alpha value is -2.38. The average molecular weight is 419 g/mol. The standard InChI is InChI=1S/C22H20F3NO2S/c23-22(24,25)17-6-3-5-16(12-17)20(26-10-8-14(9-11-26)21(27)28)19-13-15-4-1-2-7-18(15)29-19/h1-7,12-14,20H,8-11H2,(H,27,28). The van der Waals surface area contributed by atoms with Crippen LogP contribution in [0.3, 0.4) is 0 Å². The predicted octanol–water partition coefficient (Wildman–Crippen LogP) is 5.81. The van der Waals surface area contributed by atoms with Gasteiger partial charge in [-0.15, -0.1) is 11.3 Å². The minimum absolute atomic E-state index is 0.329. The van der Waals surface area contributed by atoms with Gasteiger partial charge >= 0.3 is 12.1 Å². The summed E-state index contributed by atoms with van der Waals surface area (Å²) in [7, 11) is 0. The number of piperidine rings is 1. The molecule has 1 aliphatic heterocycles. The van der Waals surface area contributed by atoms with Gasteiger partial charge in [0.2, 0.25) is 0 Å². The third-order valence-electron chi connectivity index (χ3n) is 5.49. The van der Waals surface area contributed by atoms with Crippen LogP contribution in [0.15, 0.2) is 54.6 Å². The Morgan fingerprint density at radius 1 is 1.07 bits per heavy atom. The first-order valence-corrected chi connectivity index (χ1v) is 10.3. The molecule has 1 N–H and O–H groups in total. The lowest BCUT2D eigenvalue weighted by molar-refractivity contribution is -0.143. The molecule has 1 saturated heterocycles. The number of rotatable bonds is 4. The fourth-order valence-corrected chi connectivity index (χ4v) is 5.21. The lowest BCUT2D eigenvalue weighted by Crippen LogP contribution is -2.39. The second-order valence-electron chi connectivity index (χ2n) is 7.36. The van der Waals surface area contributed by atoms with Gasteiger partial charge in [0.15, 0.2) is 0 Å². The number of benzene rings is 2. The van der Waals surface area contributed by atoms with Gasteiger partial charge in [0.1, 0.15) is 0 Å². The molecule has 1 atom stereocenters. The van der Waals surface area contributed by atoms with Gasteiger partial charge in [-0.1, -0.05) is 30.3 Å². The number of halogens is 3. The minimum Gasteiger partial charge on any atom is -0.481 e. The number of alkyl halides is 3. The molecule has 0 radical (unpaired) electrons. The largest absolute Gasteiger partial charge is 0.481 e. The van der Waals surface area contributed by atoms with Crippen molar-refractivity contribution in [3.05, 3.63) is 70.6 Å². The van der Waals surface area contributed by atoms with Crippen LogP contribution in [0.1, 0.15) is 34.9 Å². The number of thiophene rings is 1. The van der Waals surface area contributed by atoms with E-state index < -0.39 is 23.6 Å². The first-order valence-electron chi connectivity index (χ1n) is 9.45. The van der Waals surface area contributed by atoms with Crippen LogP contribution in [0.2, 0.25) is 0 Å². The van der Waals surface area contributed by atoms with Gasteiger partial charge in [0.05, 0.1) is 17.5 Å². The van der Waals surface area contributed by atoms with Gasteiger partial charge in [-0.05, 0) is 61.1 Å². The van der Waals surface area contributed by atoms with E-state index in [2.05, 4.69) is 4.90 Å². The second-order valence-corrected chi connectivity index (χ2v) is 8.48. The van der Waals surface area contributed by atoms with Crippen molar-refractivity contribution in [2.75, 3.05) is 13.1 Å². The molecule has 152 valence electrons. The van der Waals surface area contributed by atoms with Crippen molar-refractivity contribution >= 4 is 27.4 Å². The van der Waals surface area contributed by atoms with Crippen molar-refractivity contribution in [1.29, 1.82) is 0 Å². The first kappa shape index (κ1) is 19.9. The Morgan fingerprint density at radius 2 is 1.79 bits per heavy atom. The molecular weight excluding hydrogens is 399 g/mol. The number of likely N-dealkylation sites (tertiary alicyclic amines) is 1. The molecule has 0 saturated carbocycles. The molecule has 0 spiro atoms. The molecule has 1 unspecified atom stereocenters. The summed E-state index contributed by atoms with van der Waals surface area (Å²) in [6.45, 7) is 1.07. The van der Waals surface area contributed by atoms with Crippen LogP contribution in [0.25, 0.3) is 10.1 Å². The normalized spacial score (nSPS) is 17.5. The molecule has 2 heterocycles. The highest BCUT2D eigenvalue weighted by Gasteiger charge is 2.34. The molecule has 4 rings (SSSR count). The van der Waals surface area contributed by atoms with E-state index in [0.717, 1.165) is 21.0 Å². The van der Waals surface area contributed by atoms with Crippen LogP contribution < -0.4 is 0 Å². The molecule has 0 aliphatic carbocycles. The third-order valence-corrected chi connectivity index (χ3v) is 6.66. The van der Waals surface area contributed by atoms with Crippen LogP contribution in [0.4, 0.5) is 13.2 Å². The van der Waals surface area contributed by atoms with Crippen LogP contribution in [0, 0.1) is 5.92 Å². The first-order chi connectivity index (χ1) is 13.8. The number of hydrogen-bond acceptors (Lipinski definition) is 3. The molecule has 29 heavy (non-hydrogen) atoms. The summed E-state index contributed by atoms with van der Waals surface area (Å²) in [5.41, 5.74) is -0.0818. The molecule has 1 aromatic heterocycles. The van der Waals surface area contributed by atoms with Crippen molar-refractivity contribution in [1.82, 2.24) is 4.90 Å². The van der Waals surface area contributed by atoms with Gasteiger partial charge in [0.25, 0.3) is 0 Å².